The number of carbonyl (C=O) groups excluding carboxylic acids is 1. The summed E-state index contributed by atoms with van der Waals surface area (Å²) in [5.74, 6) is -1.36. The number of nitrogens with zero attached hydrogens (tertiary/aromatic N) is 1. The van der Waals surface area contributed by atoms with E-state index in [-0.39, 0.29) is 18.7 Å². The lowest BCUT2D eigenvalue weighted by Gasteiger charge is -2.40. The van der Waals surface area contributed by atoms with Crippen molar-refractivity contribution in [3.8, 4) is 0 Å². The normalized spacial score (nSPS) is 18.1. The summed E-state index contributed by atoms with van der Waals surface area (Å²) in [6, 6.07) is -0.961. The number of aromatic amines is 1. The largest absolute Gasteiger partial charge is 0.480 e. The number of amides is 1. The highest BCUT2D eigenvalue weighted by atomic mass is 16.5. The van der Waals surface area contributed by atoms with Gasteiger partial charge in [0.05, 0.1) is 18.3 Å². The second-order valence-electron chi connectivity index (χ2n) is 5.16. The number of imidazole rings is 1. The number of carbonyl (C=O) groups is 2. The van der Waals surface area contributed by atoms with Crippen molar-refractivity contribution in [2.45, 2.75) is 43.7 Å². The van der Waals surface area contributed by atoms with Crippen molar-refractivity contribution < 1.29 is 19.4 Å². The number of aromatic nitrogens is 2. The molecule has 1 aliphatic carbocycles. The van der Waals surface area contributed by atoms with Crippen LogP contribution in [0.3, 0.4) is 0 Å². The van der Waals surface area contributed by atoms with Gasteiger partial charge in [-0.3, -0.25) is 4.79 Å². The molecule has 0 aromatic carbocycles. The van der Waals surface area contributed by atoms with Crippen LogP contribution >= 0.6 is 0 Å². The third kappa shape index (κ3) is 3.36. The predicted molar refractivity (Wildman–Crippen MR) is 70.1 cm³/mol. The molecule has 1 aromatic heterocycles. The fraction of sp³-hybridized carbons (Fsp3) is 0.615. The van der Waals surface area contributed by atoms with Crippen molar-refractivity contribution in [2.24, 2.45) is 0 Å². The average Bonchev–Trinajstić information content (AvgIpc) is 2.86. The number of ether oxygens (including phenoxy) is 1. The van der Waals surface area contributed by atoms with Crippen molar-refractivity contribution >= 4 is 11.9 Å². The summed E-state index contributed by atoms with van der Waals surface area (Å²) >= 11 is 0. The molecule has 1 saturated carbocycles. The van der Waals surface area contributed by atoms with Crippen LogP contribution in [-0.4, -0.2) is 45.7 Å². The molecule has 2 rings (SSSR count). The lowest BCUT2D eigenvalue weighted by molar-refractivity contribution is -0.144. The van der Waals surface area contributed by atoms with Crippen LogP contribution in [0.5, 0.6) is 0 Å². The van der Waals surface area contributed by atoms with Gasteiger partial charge in [0, 0.05) is 25.4 Å². The van der Waals surface area contributed by atoms with Crippen LogP contribution in [0.4, 0.5) is 0 Å². The van der Waals surface area contributed by atoms with Gasteiger partial charge in [0.2, 0.25) is 5.91 Å². The minimum Gasteiger partial charge on any atom is -0.480 e. The average molecular weight is 281 g/mol. The number of carboxylic acid groups (broad SMARTS) is 1. The first-order chi connectivity index (χ1) is 9.54. The van der Waals surface area contributed by atoms with Crippen LogP contribution in [0.2, 0.25) is 0 Å². The zero-order valence-electron chi connectivity index (χ0n) is 11.4. The number of nitrogens with one attached hydrogen (secondary N) is 2. The van der Waals surface area contributed by atoms with Gasteiger partial charge in [-0.2, -0.15) is 0 Å². The molecular formula is C13H19N3O4. The third-order valence-corrected chi connectivity index (χ3v) is 3.79. The van der Waals surface area contributed by atoms with Gasteiger partial charge in [0.25, 0.3) is 0 Å². The summed E-state index contributed by atoms with van der Waals surface area (Å²) in [5, 5.41) is 11.7. The number of hydrogen-bond acceptors (Lipinski definition) is 4. The van der Waals surface area contributed by atoms with Crippen LogP contribution in [0, 0.1) is 0 Å². The Balaban J connectivity index is 1.90. The quantitative estimate of drug-likeness (QED) is 0.674. The van der Waals surface area contributed by atoms with Crippen molar-refractivity contribution in [3.05, 3.63) is 18.2 Å². The van der Waals surface area contributed by atoms with Gasteiger partial charge >= 0.3 is 5.97 Å². The second-order valence-corrected chi connectivity index (χ2v) is 5.16. The van der Waals surface area contributed by atoms with E-state index in [1.54, 1.807) is 13.3 Å². The third-order valence-electron chi connectivity index (χ3n) is 3.79. The molecule has 0 bridgehead atoms. The van der Waals surface area contributed by atoms with Gasteiger partial charge in [-0.05, 0) is 19.3 Å². The molecule has 1 heterocycles. The highest BCUT2D eigenvalue weighted by molar-refractivity contribution is 5.84. The highest BCUT2D eigenvalue weighted by Gasteiger charge is 2.39. The lowest BCUT2D eigenvalue weighted by Crippen LogP contribution is -2.48. The zero-order valence-corrected chi connectivity index (χ0v) is 11.4. The SMILES string of the molecule is COC1(CC(=O)NC(Cc2cnc[nH]2)C(=O)O)CCC1. The summed E-state index contributed by atoms with van der Waals surface area (Å²) in [4.78, 5) is 29.8. The summed E-state index contributed by atoms with van der Waals surface area (Å²) in [7, 11) is 1.59. The number of methoxy groups -OCH3 is 1. The maximum Gasteiger partial charge on any atom is 0.326 e. The zero-order chi connectivity index (χ0) is 14.6. The number of H-pyrrole nitrogens is 1. The molecule has 3 N–H and O–H groups in total. The molecule has 20 heavy (non-hydrogen) atoms. The van der Waals surface area contributed by atoms with Gasteiger partial charge < -0.3 is 20.1 Å². The van der Waals surface area contributed by atoms with Gasteiger partial charge in [-0.1, -0.05) is 0 Å². The van der Waals surface area contributed by atoms with E-state index in [9.17, 15) is 9.59 Å². The van der Waals surface area contributed by atoms with E-state index in [4.69, 9.17) is 9.84 Å². The van der Waals surface area contributed by atoms with Crippen LogP contribution in [0.1, 0.15) is 31.4 Å². The molecule has 7 heteroatoms. The Morgan fingerprint density at radius 2 is 2.35 bits per heavy atom. The summed E-state index contributed by atoms with van der Waals surface area (Å²) in [6.07, 6.45) is 6.13. The molecule has 1 amide bonds. The number of rotatable bonds is 7. The topological polar surface area (TPSA) is 104 Å². The predicted octanol–water partition coefficient (Wildman–Crippen LogP) is 0.481. The Hall–Kier alpha value is -1.89. The Bertz CT molecular complexity index is 462. The standard InChI is InChI=1S/C13H19N3O4/c1-20-13(3-2-4-13)6-11(17)16-10(12(18)19)5-9-7-14-8-15-9/h7-8,10H,2-6H2,1H3,(H,14,15)(H,16,17)(H,18,19). The van der Waals surface area contributed by atoms with Crippen LogP contribution in [0.15, 0.2) is 12.5 Å². The molecular weight excluding hydrogens is 262 g/mol. The van der Waals surface area contributed by atoms with Crippen LogP contribution in [-0.2, 0) is 20.7 Å². The Morgan fingerprint density at radius 3 is 2.80 bits per heavy atom. The minimum absolute atomic E-state index is 0.182. The molecule has 0 spiro atoms. The van der Waals surface area contributed by atoms with Crippen molar-refractivity contribution in [3.63, 3.8) is 0 Å². The van der Waals surface area contributed by atoms with E-state index >= 15 is 0 Å². The van der Waals surface area contributed by atoms with Crippen molar-refractivity contribution in [1.82, 2.24) is 15.3 Å². The Morgan fingerprint density at radius 1 is 1.60 bits per heavy atom. The van der Waals surface area contributed by atoms with Gasteiger partial charge in [-0.15, -0.1) is 0 Å². The molecule has 1 fully saturated rings. The highest BCUT2D eigenvalue weighted by Crippen LogP contribution is 2.37. The molecule has 0 radical (unpaired) electrons. The molecule has 1 atom stereocenters. The van der Waals surface area contributed by atoms with E-state index in [1.165, 1.54) is 6.33 Å². The maximum atomic E-state index is 12.0. The summed E-state index contributed by atoms with van der Waals surface area (Å²) < 4.78 is 5.37. The fourth-order valence-electron chi connectivity index (χ4n) is 2.38. The van der Waals surface area contributed by atoms with E-state index in [2.05, 4.69) is 15.3 Å². The smallest absolute Gasteiger partial charge is 0.326 e. The van der Waals surface area contributed by atoms with E-state index < -0.39 is 17.6 Å². The second kappa shape index (κ2) is 6.04. The van der Waals surface area contributed by atoms with Crippen LogP contribution < -0.4 is 5.32 Å². The van der Waals surface area contributed by atoms with Gasteiger partial charge in [-0.25, -0.2) is 9.78 Å². The van der Waals surface area contributed by atoms with E-state index in [0.29, 0.717) is 5.69 Å². The van der Waals surface area contributed by atoms with E-state index in [1.807, 2.05) is 0 Å². The van der Waals surface area contributed by atoms with Crippen LogP contribution in [0.25, 0.3) is 0 Å². The lowest BCUT2D eigenvalue weighted by atomic mass is 9.77. The van der Waals surface area contributed by atoms with Gasteiger partial charge in [0.15, 0.2) is 0 Å². The number of carboxylic acids is 1. The Kier molecular flexibility index (Phi) is 4.39. The Labute approximate surface area is 116 Å². The first-order valence-electron chi connectivity index (χ1n) is 6.59. The summed E-state index contributed by atoms with van der Waals surface area (Å²) in [5.41, 5.74) is 0.268. The molecule has 0 saturated heterocycles. The maximum absolute atomic E-state index is 12.0. The molecule has 1 aromatic rings. The monoisotopic (exact) mass is 281 g/mol. The first kappa shape index (κ1) is 14.5. The van der Waals surface area contributed by atoms with Crippen molar-refractivity contribution in [2.75, 3.05) is 7.11 Å². The number of hydrogen-bond donors (Lipinski definition) is 3. The molecule has 7 nitrogen and oxygen atoms in total. The van der Waals surface area contributed by atoms with Gasteiger partial charge in [0.1, 0.15) is 6.04 Å². The number of aliphatic carboxylic acids is 1. The molecule has 1 aliphatic rings. The minimum atomic E-state index is -1.06. The fourth-order valence-corrected chi connectivity index (χ4v) is 2.38. The first-order valence-corrected chi connectivity index (χ1v) is 6.59. The summed E-state index contributed by atoms with van der Waals surface area (Å²) in [6.45, 7) is 0. The molecule has 110 valence electrons. The van der Waals surface area contributed by atoms with Crippen molar-refractivity contribution in [1.29, 1.82) is 0 Å². The van der Waals surface area contributed by atoms with E-state index in [0.717, 1.165) is 19.3 Å². The molecule has 0 aliphatic heterocycles. The molecule has 1 unspecified atom stereocenters.